The monoisotopic (exact) mass is 569 g/mol. The number of alkyl halides is 2. The van der Waals surface area contributed by atoms with Crippen molar-refractivity contribution in [1.82, 2.24) is 14.7 Å². The maximum Gasteiger partial charge on any atom is 0.272 e. The summed E-state index contributed by atoms with van der Waals surface area (Å²) >= 11 is 7.51. The van der Waals surface area contributed by atoms with E-state index in [4.69, 9.17) is 21.1 Å². The van der Waals surface area contributed by atoms with Gasteiger partial charge in [0, 0.05) is 47.0 Å². The van der Waals surface area contributed by atoms with Crippen LogP contribution in [0, 0.1) is 13.8 Å². The summed E-state index contributed by atoms with van der Waals surface area (Å²) in [5.41, 5.74) is 3.59. The highest BCUT2D eigenvalue weighted by atomic mass is 35.5. The fraction of sp³-hybridized carbons (Fsp3) is 0.571. The summed E-state index contributed by atoms with van der Waals surface area (Å²) in [4.78, 5) is 28.7. The topological polar surface area (TPSA) is 53.1 Å². The fourth-order valence-corrected chi connectivity index (χ4v) is 5.93. The Bertz CT molecular complexity index is 1050. The molecule has 210 valence electrons. The first-order valence-electron chi connectivity index (χ1n) is 12.9. The van der Waals surface area contributed by atoms with E-state index < -0.39 is 5.92 Å². The van der Waals surface area contributed by atoms with Crippen LogP contribution >= 0.6 is 22.9 Å². The number of halogens is 3. The summed E-state index contributed by atoms with van der Waals surface area (Å²) in [6, 6.07) is 8.72. The number of likely N-dealkylation sites (tertiary alicyclic amines) is 1. The minimum Gasteiger partial charge on any atom is -0.370 e. The van der Waals surface area contributed by atoms with Crippen molar-refractivity contribution in [2.45, 2.75) is 58.2 Å². The van der Waals surface area contributed by atoms with Gasteiger partial charge in [-0.25, -0.2) is 8.78 Å². The Balaban J connectivity index is 0.000000307. The van der Waals surface area contributed by atoms with Gasteiger partial charge in [0.05, 0.1) is 19.7 Å². The summed E-state index contributed by atoms with van der Waals surface area (Å²) in [6.45, 7) is 9.27. The predicted octanol–water partition coefficient (Wildman–Crippen LogP) is 4.97. The average molecular weight is 570 g/mol. The lowest BCUT2D eigenvalue weighted by molar-refractivity contribution is -0.137. The van der Waals surface area contributed by atoms with E-state index in [1.54, 1.807) is 16.2 Å². The molecule has 0 radical (unpaired) electrons. The summed E-state index contributed by atoms with van der Waals surface area (Å²) in [7, 11) is 2.10. The maximum atomic E-state index is 13.0. The second-order valence-corrected chi connectivity index (χ2v) is 11.8. The molecule has 1 saturated carbocycles. The maximum absolute atomic E-state index is 13.0. The van der Waals surface area contributed by atoms with Crippen LogP contribution in [0.3, 0.4) is 0 Å². The second-order valence-electron chi connectivity index (χ2n) is 10.2. The number of amides is 1. The first-order valence-corrected chi connectivity index (χ1v) is 14.1. The fourth-order valence-electron chi connectivity index (χ4n) is 4.50. The quantitative estimate of drug-likeness (QED) is 0.420. The van der Waals surface area contributed by atoms with Crippen molar-refractivity contribution in [3.63, 3.8) is 0 Å². The molecule has 0 bridgehead atoms. The zero-order chi connectivity index (χ0) is 27.9. The Labute approximate surface area is 233 Å². The van der Waals surface area contributed by atoms with Gasteiger partial charge in [-0.3, -0.25) is 9.69 Å². The number of hydrogen-bond acceptors (Lipinski definition) is 6. The second kappa shape index (κ2) is 13.9. The average Bonchev–Trinajstić information content (AvgIpc) is 3.65. The van der Waals surface area contributed by atoms with Crippen LogP contribution in [-0.2, 0) is 33.8 Å². The molecule has 5 rings (SSSR count). The van der Waals surface area contributed by atoms with Gasteiger partial charge in [0.25, 0.3) is 5.92 Å². The SMILES string of the molecule is C=O.CN(CCOCC(=O)N1CCc2sc(CN3CC(F)(F)C3)cc2C1)C1CC1.Cc1cccc(Cl)c1C. The number of likely N-dealkylation sites (N-methyl/N-ethyl adjacent to an activating group) is 1. The molecule has 1 saturated heterocycles. The molecule has 3 heterocycles. The minimum absolute atomic E-state index is 0.0323. The molecule has 0 unspecified atom stereocenters. The molecule has 0 atom stereocenters. The lowest BCUT2D eigenvalue weighted by Crippen LogP contribution is -2.55. The van der Waals surface area contributed by atoms with Crippen LogP contribution < -0.4 is 0 Å². The number of nitrogens with zero attached hydrogens (tertiary/aromatic N) is 3. The molecule has 2 fully saturated rings. The Morgan fingerprint density at radius 3 is 2.58 bits per heavy atom. The Morgan fingerprint density at radius 2 is 1.97 bits per heavy atom. The molecule has 10 heteroatoms. The number of rotatable bonds is 8. The third kappa shape index (κ3) is 8.81. The van der Waals surface area contributed by atoms with Crippen LogP contribution in [0.15, 0.2) is 24.3 Å². The predicted molar refractivity (Wildman–Crippen MR) is 148 cm³/mol. The molecule has 1 aliphatic carbocycles. The van der Waals surface area contributed by atoms with Crippen molar-refractivity contribution >= 4 is 35.6 Å². The Kier molecular flexibility index (Phi) is 11.2. The zero-order valence-electron chi connectivity index (χ0n) is 22.5. The lowest BCUT2D eigenvalue weighted by atomic mass is 10.1. The third-order valence-corrected chi connectivity index (χ3v) is 8.71. The number of benzene rings is 1. The number of carbonyl (C=O) groups is 2. The van der Waals surface area contributed by atoms with E-state index in [9.17, 15) is 13.6 Å². The number of ether oxygens (including phenoxy) is 1. The van der Waals surface area contributed by atoms with Crippen LogP contribution in [0.2, 0.25) is 5.02 Å². The number of carbonyl (C=O) groups excluding carboxylic acids is 2. The summed E-state index contributed by atoms with van der Waals surface area (Å²) < 4.78 is 31.5. The molecule has 3 aliphatic rings. The van der Waals surface area contributed by atoms with Gasteiger partial charge in [0.1, 0.15) is 13.4 Å². The lowest BCUT2D eigenvalue weighted by Gasteiger charge is -2.38. The largest absolute Gasteiger partial charge is 0.370 e. The normalized spacial score (nSPS) is 18.0. The van der Waals surface area contributed by atoms with E-state index in [-0.39, 0.29) is 25.6 Å². The van der Waals surface area contributed by atoms with Crippen molar-refractivity contribution in [3.05, 3.63) is 55.7 Å². The molecular weight excluding hydrogens is 532 g/mol. The molecule has 0 N–H and O–H groups in total. The number of aryl methyl sites for hydroxylation is 1. The van der Waals surface area contributed by atoms with E-state index in [0.29, 0.717) is 32.3 Å². The summed E-state index contributed by atoms with van der Waals surface area (Å²) in [5.74, 6) is -2.49. The molecular formula is C28H38ClF2N3O3S. The van der Waals surface area contributed by atoms with Gasteiger partial charge in [-0.1, -0.05) is 23.7 Å². The summed E-state index contributed by atoms with van der Waals surface area (Å²) in [5, 5.41) is 0.856. The first kappa shape index (κ1) is 30.6. The van der Waals surface area contributed by atoms with Gasteiger partial charge in [0.2, 0.25) is 5.91 Å². The molecule has 1 aromatic heterocycles. The highest BCUT2D eigenvalue weighted by Crippen LogP contribution is 2.33. The van der Waals surface area contributed by atoms with E-state index in [0.717, 1.165) is 28.4 Å². The van der Waals surface area contributed by atoms with Crippen LogP contribution in [0.1, 0.15) is 39.3 Å². The van der Waals surface area contributed by atoms with Crippen LogP contribution in [0.4, 0.5) is 8.78 Å². The standard InChI is InChI=1S/C19H27F2N3O2S.C8H9Cl.CH2O/c1-22(15-2-3-15)6-7-26-11-18(25)24-5-4-17-14(9-24)8-16(27-17)10-23-12-19(20,21)13-23;1-6-4-3-5-8(9)7(6)2;1-2/h8,15H,2-7,9-13H2,1H3;3-5H,1-2H3;1H2. The molecule has 6 nitrogen and oxygen atoms in total. The smallest absolute Gasteiger partial charge is 0.272 e. The van der Waals surface area contributed by atoms with E-state index >= 15 is 0 Å². The number of fused-ring (bicyclic) bond motifs is 1. The van der Waals surface area contributed by atoms with Gasteiger partial charge >= 0.3 is 0 Å². The van der Waals surface area contributed by atoms with Crippen molar-refractivity contribution in [3.8, 4) is 0 Å². The Morgan fingerprint density at radius 1 is 1.26 bits per heavy atom. The molecule has 2 aliphatic heterocycles. The molecule has 38 heavy (non-hydrogen) atoms. The summed E-state index contributed by atoms with van der Waals surface area (Å²) in [6.07, 6.45) is 3.38. The molecule has 1 amide bonds. The zero-order valence-corrected chi connectivity index (χ0v) is 24.1. The third-order valence-electron chi connectivity index (χ3n) is 7.08. The van der Waals surface area contributed by atoms with Gasteiger partial charge in [0.15, 0.2) is 0 Å². The van der Waals surface area contributed by atoms with Crippen molar-refractivity contribution in [1.29, 1.82) is 0 Å². The molecule has 2 aromatic rings. The van der Waals surface area contributed by atoms with E-state index in [1.807, 2.05) is 30.7 Å². The number of thiophene rings is 1. The van der Waals surface area contributed by atoms with Crippen molar-refractivity contribution in [2.75, 3.05) is 46.4 Å². The van der Waals surface area contributed by atoms with Gasteiger partial charge in [-0.05, 0) is 69.0 Å². The van der Waals surface area contributed by atoms with Crippen LogP contribution in [-0.4, -0.2) is 85.8 Å². The molecule has 1 aromatic carbocycles. The van der Waals surface area contributed by atoms with E-state index in [2.05, 4.69) is 31.0 Å². The Hall–Kier alpha value is -1.91. The van der Waals surface area contributed by atoms with Gasteiger partial charge in [-0.2, -0.15) is 0 Å². The van der Waals surface area contributed by atoms with Crippen molar-refractivity contribution < 1.29 is 23.1 Å². The first-order chi connectivity index (χ1) is 18.1. The van der Waals surface area contributed by atoms with Gasteiger partial charge < -0.3 is 19.3 Å². The highest BCUT2D eigenvalue weighted by molar-refractivity contribution is 7.12. The van der Waals surface area contributed by atoms with Crippen molar-refractivity contribution in [2.24, 2.45) is 0 Å². The minimum atomic E-state index is -2.52. The van der Waals surface area contributed by atoms with Crippen LogP contribution in [0.25, 0.3) is 0 Å². The molecule has 0 spiro atoms. The van der Waals surface area contributed by atoms with Gasteiger partial charge in [-0.15, -0.1) is 11.3 Å². The number of hydrogen-bond donors (Lipinski definition) is 0. The van der Waals surface area contributed by atoms with E-state index in [1.165, 1.54) is 28.8 Å². The highest BCUT2D eigenvalue weighted by Gasteiger charge is 2.43. The van der Waals surface area contributed by atoms with Crippen LogP contribution in [0.5, 0.6) is 0 Å².